The molecule has 2 aromatic rings. The van der Waals surface area contributed by atoms with Gasteiger partial charge in [-0.3, -0.25) is 14.8 Å². The lowest BCUT2D eigenvalue weighted by molar-refractivity contribution is 0.133. The minimum Gasteiger partial charge on any atom is -0.324 e. The molecule has 0 bridgehead atoms. The van der Waals surface area contributed by atoms with Crippen molar-refractivity contribution in [3.8, 4) is 6.07 Å². The van der Waals surface area contributed by atoms with Crippen molar-refractivity contribution in [2.75, 3.05) is 31.6 Å². The summed E-state index contributed by atoms with van der Waals surface area (Å²) in [5, 5.41) is 9.05. The molecule has 6 nitrogen and oxygen atoms in total. The van der Waals surface area contributed by atoms with E-state index in [0.717, 1.165) is 35.5 Å². The minimum absolute atomic E-state index is 0.0563. The maximum absolute atomic E-state index is 13.6. The number of hydrogen-bond donors (Lipinski definition) is 0. The smallest absolute Gasteiger partial charge is 0.324 e. The van der Waals surface area contributed by atoms with E-state index in [4.69, 9.17) is 10.2 Å². The summed E-state index contributed by atoms with van der Waals surface area (Å²) in [7, 11) is 2.05. The number of nitrogens with zero attached hydrogens (tertiary/aromatic N) is 5. The number of amides is 2. The van der Waals surface area contributed by atoms with Crippen LogP contribution in [0.4, 0.5) is 14.9 Å². The van der Waals surface area contributed by atoms with Gasteiger partial charge < -0.3 is 4.90 Å². The quantitative estimate of drug-likeness (QED) is 0.724. The monoisotopic (exact) mass is 435 g/mol. The summed E-state index contributed by atoms with van der Waals surface area (Å²) in [5.41, 5.74) is 3.73. The first-order valence-electron chi connectivity index (χ1n) is 11.1. The molecule has 4 rings (SSSR count). The van der Waals surface area contributed by atoms with Crippen LogP contribution in [0.15, 0.2) is 30.3 Å². The number of piperidine rings is 1. The van der Waals surface area contributed by atoms with Crippen molar-refractivity contribution in [3.63, 3.8) is 0 Å². The Labute approximate surface area is 189 Å². The number of hydrogen-bond acceptors (Lipinski definition) is 4. The number of halogens is 1. The molecule has 0 N–H and O–H groups in total. The molecule has 3 heterocycles. The summed E-state index contributed by atoms with van der Waals surface area (Å²) in [6.45, 7) is 8.95. The van der Waals surface area contributed by atoms with Gasteiger partial charge in [-0.05, 0) is 56.6 Å². The van der Waals surface area contributed by atoms with Gasteiger partial charge in [0.2, 0.25) is 0 Å². The van der Waals surface area contributed by atoms with Crippen LogP contribution in [-0.4, -0.2) is 53.5 Å². The van der Waals surface area contributed by atoms with Gasteiger partial charge in [-0.1, -0.05) is 19.9 Å². The Hall–Kier alpha value is -2.98. The third kappa shape index (κ3) is 4.20. The highest BCUT2D eigenvalue weighted by atomic mass is 19.1. The average Bonchev–Trinajstić information content (AvgIpc) is 3.04. The molecule has 168 valence electrons. The molecule has 0 saturated carbocycles. The first-order chi connectivity index (χ1) is 15.2. The number of carbonyl (C=O) groups excluding carboxylic acids is 1. The number of likely N-dealkylation sites (tertiary alicyclic amines) is 1. The van der Waals surface area contributed by atoms with E-state index in [1.165, 1.54) is 6.07 Å². The van der Waals surface area contributed by atoms with Gasteiger partial charge >= 0.3 is 6.03 Å². The van der Waals surface area contributed by atoms with Crippen LogP contribution in [0.1, 0.15) is 49.2 Å². The molecule has 32 heavy (non-hydrogen) atoms. The van der Waals surface area contributed by atoms with Crippen LogP contribution in [-0.2, 0) is 12.0 Å². The van der Waals surface area contributed by atoms with E-state index >= 15 is 0 Å². The van der Waals surface area contributed by atoms with E-state index in [1.807, 2.05) is 42.0 Å². The number of rotatable bonds is 3. The van der Waals surface area contributed by atoms with Crippen LogP contribution < -0.4 is 4.90 Å². The number of fused-ring (bicyclic) bond motifs is 1. The molecular weight excluding hydrogens is 405 g/mol. The number of aromatic nitrogens is 1. The lowest BCUT2D eigenvalue weighted by atomic mass is 9.91. The van der Waals surface area contributed by atoms with Gasteiger partial charge in [0.15, 0.2) is 0 Å². The molecule has 0 aliphatic carbocycles. The lowest BCUT2D eigenvalue weighted by Crippen LogP contribution is -2.50. The maximum atomic E-state index is 13.6. The van der Waals surface area contributed by atoms with Gasteiger partial charge in [-0.15, -0.1) is 0 Å². The molecule has 1 aromatic heterocycles. The first kappa shape index (κ1) is 22.2. The topological polar surface area (TPSA) is 63.5 Å². The molecule has 0 radical (unpaired) electrons. The average molecular weight is 436 g/mol. The first-order valence-corrected chi connectivity index (χ1v) is 11.1. The highest BCUT2D eigenvalue weighted by Crippen LogP contribution is 2.40. The Balaban J connectivity index is 1.38. The van der Waals surface area contributed by atoms with E-state index in [2.05, 4.69) is 18.7 Å². The molecule has 1 aromatic carbocycles. The van der Waals surface area contributed by atoms with Crippen LogP contribution in [0.5, 0.6) is 0 Å². The third-order valence-electron chi connectivity index (χ3n) is 6.67. The number of urea groups is 1. The molecule has 0 atom stereocenters. The number of carbonyl (C=O) groups is 1. The third-order valence-corrected chi connectivity index (χ3v) is 6.67. The molecule has 1 saturated heterocycles. The van der Waals surface area contributed by atoms with Gasteiger partial charge in [0.25, 0.3) is 0 Å². The van der Waals surface area contributed by atoms with Gasteiger partial charge in [0.05, 0.1) is 16.9 Å². The summed E-state index contributed by atoms with van der Waals surface area (Å²) in [4.78, 5) is 24.1. The Morgan fingerprint density at radius 2 is 2.00 bits per heavy atom. The van der Waals surface area contributed by atoms with Gasteiger partial charge in [0.1, 0.15) is 11.9 Å². The number of benzene rings is 1. The van der Waals surface area contributed by atoms with Crippen LogP contribution in [0.25, 0.3) is 0 Å². The maximum Gasteiger partial charge on any atom is 0.324 e. The van der Waals surface area contributed by atoms with E-state index < -0.39 is 5.82 Å². The number of pyridine rings is 1. The highest BCUT2D eigenvalue weighted by molar-refractivity contribution is 5.94. The van der Waals surface area contributed by atoms with Crippen LogP contribution in [0.2, 0.25) is 0 Å². The number of nitriles is 1. The van der Waals surface area contributed by atoms with Crippen molar-refractivity contribution in [2.45, 2.75) is 51.6 Å². The second kappa shape index (κ2) is 8.51. The summed E-state index contributed by atoms with van der Waals surface area (Å²) < 4.78 is 13.6. The Bertz CT molecular complexity index is 1070. The van der Waals surface area contributed by atoms with Gasteiger partial charge in [-0.2, -0.15) is 5.26 Å². The fraction of sp³-hybridized carbons (Fsp3) is 0.480. The predicted molar refractivity (Wildman–Crippen MR) is 122 cm³/mol. The van der Waals surface area contributed by atoms with Crippen LogP contribution in [0.3, 0.4) is 0 Å². The van der Waals surface area contributed by atoms with Crippen LogP contribution in [0, 0.1) is 24.1 Å². The van der Waals surface area contributed by atoms with E-state index in [-0.39, 0.29) is 17.0 Å². The molecule has 0 unspecified atom stereocenters. The van der Waals surface area contributed by atoms with Crippen molar-refractivity contribution in [3.05, 3.63) is 58.7 Å². The molecule has 7 heteroatoms. The van der Waals surface area contributed by atoms with Crippen LogP contribution >= 0.6 is 0 Å². The number of anilines is 1. The lowest BCUT2D eigenvalue weighted by Gasteiger charge is -2.38. The largest absolute Gasteiger partial charge is 0.324 e. The SMILES string of the molecule is Cc1ccc2c(n1)C(C)(C)CN2C(=O)N1CCC(N(C)Cc2ccc(F)c(C#N)c2)CC1. The van der Waals surface area contributed by atoms with E-state index in [9.17, 15) is 9.18 Å². The molecule has 1 fully saturated rings. The molecular formula is C25H30FN5O. The Morgan fingerprint density at radius 3 is 2.69 bits per heavy atom. The fourth-order valence-electron chi connectivity index (χ4n) is 4.83. The fourth-order valence-corrected chi connectivity index (χ4v) is 4.83. The molecule has 2 aliphatic heterocycles. The normalized spacial score (nSPS) is 18.0. The summed E-state index contributed by atoms with van der Waals surface area (Å²) in [5.74, 6) is -0.484. The van der Waals surface area contributed by atoms with Crippen molar-refractivity contribution < 1.29 is 9.18 Å². The Morgan fingerprint density at radius 1 is 1.28 bits per heavy atom. The summed E-state index contributed by atoms with van der Waals surface area (Å²) in [6, 6.07) is 11.0. The van der Waals surface area contributed by atoms with Crippen molar-refractivity contribution in [2.24, 2.45) is 0 Å². The highest BCUT2D eigenvalue weighted by Gasteiger charge is 2.41. The number of aryl methyl sites for hydroxylation is 1. The minimum atomic E-state index is -0.484. The second-order valence-corrected chi connectivity index (χ2v) is 9.63. The summed E-state index contributed by atoms with van der Waals surface area (Å²) >= 11 is 0. The van der Waals surface area contributed by atoms with Gasteiger partial charge in [-0.25, -0.2) is 9.18 Å². The zero-order valence-corrected chi connectivity index (χ0v) is 19.2. The molecule has 2 amide bonds. The zero-order valence-electron chi connectivity index (χ0n) is 19.2. The molecule has 2 aliphatic rings. The van der Waals surface area contributed by atoms with Crippen molar-refractivity contribution in [1.29, 1.82) is 5.26 Å². The second-order valence-electron chi connectivity index (χ2n) is 9.63. The van der Waals surface area contributed by atoms with Gasteiger partial charge in [0, 0.05) is 43.3 Å². The van der Waals surface area contributed by atoms with Crippen molar-refractivity contribution >= 4 is 11.7 Å². The van der Waals surface area contributed by atoms with E-state index in [1.54, 1.807) is 12.1 Å². The zero-order chi connectivity index (χ0) is 23.0. The molecule has 0 spiro atoms. The van der Waals surface area contributed by atoms with Crippen molar-refractivity contribution in [1.82, 2.24) is 14.8 Å². The standard InChI is InChI=1S/C25H30FN5O/c1-17-5-8-22-23(28-17)25(2,3)16-31(22)24(32)30-11-9-20(10-12-30)29(4)15-18-6-7-21(26)19(13-18)14-27/h5-8,13,20H,9-12,15-16H2,1-4H3. The Kier molecular flexibility index (Phi) is 5.91. The summed E-state index contributed by atoms with van der Waals surface area (Å²) in [6.07, 6.45) is 1.76. The predicted octanol–water partition coefficient (Wildman–Crippen LogP) is 4.21. The van der Waals surface area contributed by atoms with E-state index in [0.29, 0.717) is 32.2 Å².